The number of nitrogens with one attached hydrogen (secondary N) is 1. The number of ether oxygens (including phenoxy) is 4. The summed E-state index contributed by atoms with van der Waals surface area (Å²) < 4.78 is 24.0. The molecule has 0 spiro atoms. The second-order valence-corrected chi connectivity index (χ2v) is 8.47. The molecule has 0 radical (unpaired) electrons. The van der Waals surface area contributed by atoms with Gasteiger partial charge in [-0.25, -0.2) is 9.97 Å². The summed E-state index contributed by atoms with van der Waals surface area (Å²) in [5.41, 5.74) is 7.05. The highest BCUT2D eigenvalue weighted by Crippen LogP contribution is 2.30. The number of nitrogens with zero attached hydrogens (tertiary/aromatic N) is 4. The number of nitrogen functional groups attached to an aromatic ring is 1. The molecule has 13 heteroatoms. The molecule has 4 aromatic rings. The van der Waals surface area contributed by atoms with Gasteiger partial charge >= 0.3 is 0 Å². The van der Waals surface area contributed by atoms with Gasteiger partial charge in [0.15, 0.2) is 23.0 Å². The van der Waals surface area contributed by atoms with E-state index in [1.54, 1.807) is 82.5 Å². The van der Waals surface area contributed by atoms with Gasteiger partial charge in [-0.15, -0.1) is 0 Å². The number of carbonyl (C=O) groups excluding carboxylic acids is 1. The second-order valence-electron chi connectivity index (χ2n) is 7.56. The van der Waals surface area contributed by atoms with Crippen LogP contribution in [0.1, 0.15) is 0 Å². The van der Waals surface area contributed by atoms with Crippen molar-refractivity contribution in [3.05, 3.63) is 73.8 Å². The SMILES string of the molecule is COc1ccc(N)cc1OC.COc1ccc(NC(=S)Cn2ccnc2)cc1OC.O=C(Cl)Cn1ccnc1. The van der Waals surface area contributed by atoms with Crippen molar-refractivity contribution in [1.29, 1.82) is 0 Å². The summed E-state index contributed by atoms with van der Waals surface area (Å²) in [6.07, 6.45) is 10.1. The molecule has 0 aliphatic carbocycles. The van der Waals surface area contributed by atoms with Crippen LogP contribution in [0, 0.1) is 0 Å². The Hall–Kier alpha value is -4.29. The molecular formula is C26H31ClN6O5S. The number of aromatic nitrogens is 4. The minimum absolute atomic E-state index is 0.196. The van der Waals surface area contributed by atoms with Crippen molar-refractivity contribution in [3.63, 3.8) is 0 Å². The molecule has 208 valence electrons. The van der Waals surface area contributed by atoms with Gasteiger partial charge in [0.2, 0.25) is 5.24 Å². The predicted molar refractivity (Wildman–Crippen MR) is 155 cm³/mol. The third-order valence-electron chi connectivity index (χ3n) is 4.83. The molecule has 0 fully saturated rings. The zero-order valence-electron chi connectivity index (χ0n) is 22.0. The number of nitrogens with two attached hydrogens (primary N) is 1. The summed E-state index contributed by atoms with van der Waals surface area (Å²) in [6, 6.07) is 10.8. The van der Waals surface area contributed by atoms with Crippen molar-refractivity contribution in [1.82, 2.24) is 19.1 Å². The van der Waals surface area contributed by atoms with Gasteiger partial charge in [0.05, 0.1) is 59.2 Å². The summed E-state index contributed by atoms with van der Waals surface area (Å²) in [5, 5.41) is 2.77. The highest BCUT2D eigenvalue weighted by atomic mass is 35.5. The molecule has 0 aliphatic heterocycles. The summed E-state index contributed by atoms with van der Waals surface area (Å²) >= 11 is 10.4. The largest absolute Gasteiger partial charge is 0.493 e. The normalized spacial score (nSPS) is 9.67. The van der Waals surface area contributed by atoms with Gasteiger partial charge in [-0.05, 0) is 35.9 Å². The molecule has 2 aromatic heterocycles. The lowest BCUT2D eigenvalue weighted by Crippen LogP contribution is -2.15. The van der Waals surface area contributed by atoms with Gasteiger partial charge < -0.3 is 39.1 Å². The molecule has 0 amide bonds. The highest BCUT2D eigenvalue weighted by molar-refractivity contribution is 7.80. The van der Waals surface area contributed by atoms with Crippen LogP contribution < -0.4 is 30.0 Å². The Labute approximate surface area is 237 Å². The first kappa shape index (κ1) is 30.9. The van der Waals surface area contributed by atoms with E-state index in [4.69, 9.17) is 48.5 Å². The van der Waals surface area contributed by atoms with Gasteiger partial charge in [0.25, 0.3) is 0 Å². The number of imidazole rings is 2. The van der Waals surface area contributed by atoms with Crippen molar-refractivity contribution < 1.29 is 23.7 Å². The van der Waals surface area contributed by atoms with Crippen LogP contribution in [0.4, 0.5) is 11.4 Å². The number of rotatable bonds is 9. The summed E-state index contributed by atoms with van der Waals surface area (Å²) in [5.74, 6) is 2.71. The van der Waals surface area contributed by atoms with Gasteiger partial charge in [-0.3, -0.25) is 4.79 Å². The van der Waals surface area contributed by atoms with E-state index >= 15 is 0 Å². The third-order valence-corrected chi connectivity index (χ3v) is 5.18. The van der Waals surface area contributed by atoms with Crippen LogP contribution in [-0.4, -0.2) is 57.8 Å². The maximum absolute atomic E-state index is 10.2. The fourth-order valence-corrected chi connectivity index (χ4v) is 3.44. The van der Waals surface area contributed by atoms with E-state index in [0.29, 0.717) is 40.2 Å². The number of carbonyl (C=O) groups is 1. The third kappa shape index (κ3) is 10.9. The molecule has 0 atom stereocenters. The quantitative estimate of drug-likeness (QED) is 0.170. The lowest BCUT2D eigenvalue weighted by molar-refractivity contribution is -0.112. The first-order valence-electron chi connectivity index (χ1n) is 11.4. The molecule has 2 heterocycles. The standard InChI is InChI=1S/C13H15N3O2S.C8H11NO2.C5H5ClN2O/c1-17-11-4-3-10(7-12(11)18-2)15-13(19)8-16-6-5-14-9-16;1-10-7-4-3-6(9)5-8(7)11-2;6-5(9)3-8-2-1-7-4-8/h3-7,9H,8H2,1-2H3,(H,15,19);3-5H,9H2,1-2H3;1-2,4H,3H2. The summed E-state index contributed by atoms with van der Waals surface area (Å²) in [7, 11) is 6.38. The number of methoxy groups -OCH3 is 4. The average molecular weight is 575 g/mol. The first-order valence-corrected chi connectivity index (χ1v) is 12.2. The van der Waals surface area contributed by atoms with Crippen LogP contribution >= 0.6 is 23.8 Å². The smallest absolute Gasteiger partial charge is 0.241 e. The van der Waals surface area contributed by atoms with Crippen molar-refractivity contribution in [2.75, 3.05) is 39.5 Å². The fourth-order valence-electron chi connectivity index (χ4n) is 3.04. The monoisotopic (exact) mass is 574 g/mol. The fraction of sp³-hybridized carbons (Fsp3) is 0.231. The molecule has 11 nitrogen and oxygen atoms in total. The maximum Gasteiger partial charge on any atom is 0.241 e. The van der Waals surface area contributed by atoms with E-state index in [0.717, 1.165) is 5.69 Å². The Morgan fingerprint density at radius 1 is 0.846 bits per heavy atom. The van der Waals surface area contributed by atoms with Crippen molar-refractivity contribution in [3.8, 4) is 23.0 Å². The number of hydrogen-bond acceptors (Lipinski definition) is 9. The summed E-state index contributed by atoms with van der Waals surface area (Å²) in [6.45, 7) is 0.783. The van der Waals surface area contributed by atoms with Crippen LogP contribution in [-0.2, 0) is 17.9 Å². The predicted octanol–water partition coefficient (Wildman–Crippen LogP) is 4.27. The Kier molecular flexibility index (Phi) is 13.1. The lowest BCUT2D eigenvalue weighted by atomic mass is 10.2. The van der Waals surface area contributed by atoms with Gasteiger partial charge in [-0.1, -0.05) is 12.2 Å². The Balaban J connectivity index is 0.000000226. The topological polar surface area (TPSA) is 128 Å². The minimum Gasteiger partial charge on any atom is -0.493 e. The van der Waals surface area contributed by atoms with Crippen LogP contribution in [0.2, 0.25) is 0 Å². The number of halogens is 1. The molecule has 2 aromatic carbocycles. The van der Waals surface area contributed by atoms with Gasteiger partial charge in [-0.2, -0.15) is 0 Å². The zero-order valence-corrected chi connectivity index (χ0v) is 23.6. The van der Waals surface area contributed by atoms with Gasteiger partial charge in [0, 0.05) is 48.3 Å². The molecule has 0 aliphatic rings. The molecule has 4 rings (SSSR count). The maximum atomic E-state index is 10.2. The highest BCUT2D eigenvalue weighted by Gasteiger charge is 2.06. The molecule has 3 N–H and O–H groups in total. The second kappa shape index (κ2) is 16.5. The molecular weight excluding hydrogens is 544 g/mol. The molecule has 0 saturated heterocycles. The Bertz CT molecular complexity index is 1300. The Morgan fingerprint density at radius 3 is 1.85 bits per heavy atom. The average Bonchev–Trinajstić information content (AvgIpc) is 3.63. The molecule has 0 unspecified atom stereocenters. The van der Waals surface area contributed by atoms with Crippen molar-refractivity contribution in [2.45, 2.75) is 13.1 Å². The van der Waals surface area contributed by atoms with Crippen LogP contribution in [0.25, 0.3) is 0 Å². The van der Waals surface area contributed by atoms with Crippen LogP contribution in [0.3, 0.4) is 0 Å². The lowest BCUT2D eigenvalue weighted by Gasteiger charge is -2.12. The van der Waals surface area contributed by atoms with E-state index in [2.05, 4.69) is 15.3 Å². The van der Waals surface area contributed by atoms with E-state index in [1.165, 1.54) is 0 Å². The van der Waals surface area contributed by atoms with E-state index in [-0.39, 0.29) is 11.8 Å². The summed E-state index contributed by atoms with van der Waals surface area (Å²) in [4.78, 5) is 18.6. The molecule has 0 saturated carbocycles. The minimum atomic E-state index is -0.381. The van der Waals surface area contributed by atoms with Crippen LogP contribution in [0.5, 0.6) is 23.0 Å². The van der Waals surface area contributed by atoms with Crippen molar-refractivity contribution in [2.24, 2.45) is 0 Å². The number of anilines is 2. The van der Waals surface area contributed by atoms with E-state index in [1.807, 2.05) is 29.0 Å². The molecule has 0 bridgehead atoms. The number of benzene rings is 2. The number of thiocarbonyl (C=S) groups is 1. The first-order chi connectivity index (χ1) is 18.8. The zero-order chi connectivity index (χ0) is 28.6. The van der Waals surface area contributed by atoms with E-state index < -0.39 is 0 Å². The number of hydrogen-bond donors (Lipinski definition) is 2. The van der Waals surface area contributed by atoms with Gasteiger partial charge in [0.1, 0.15) is 0 Å². The van der Waals surface area contributed by atoms with Crippen molar-refractivity contribution >= 4 is 45.4 Å². The van der Waals surface area contributed by atoms with E-state index in [9.17, 15) is 4.79 Å². The van der Waals surface area contributed by atoms with Crippen LogP contribution in [0.15, 0.2) is 73.8 Å². The molecule has 39 heavy (non-hydrogen) atoms. The Morgan fingerprint density at radius 2 is 1.36 bits per heavy atom.